The molecule has 0 N–H and O–H groups in total. The first-order valence-corrected chi connectivity index (χ1v) is 9.27. The van der Waals surface area contributed by atoms with E-state index in [1.807, 2.05) is 47.7 Å². The van der Waals surface area contributed by atoms with Crippen molar-refractivity contribution in [1.29, 1.82) is 0 Å². The summed E-state index contributed by atoms with van der Waals surface area (Å²) in [7, 11) is -2.23. The van der Waals surface area contributed by atoms with Gasteiger partial charge in [-0.2, -0.15) is 0 Å². The van der Waals surface area contributed by atoms with E-state index in [1.54, 1.807) is 0 Å². The van der Waals surface area contributed by atoms with E-state index in [0.717, 1.165) is 0 Å². The highest BCUT2D eigenvalue weighted by molar-refractivity contribution is 6.64. The maximum absolute atomic E-state index is 6.08. The third-order valence-corrected chi connectivity index (χ3v) is 4.04. The summed E-state index contributed by atoms with van der Waals surface area (Å²) in [6.07, 6.45) is 0. The molecule has 0 bridgehead atoms. The minimum absolute atomic E-state index is 0.106. The lowest BCUT2D eigenvalue weighted by Crippen LogP contribution is -2.53. The van der Waals surface area contributed by atoms with Gasteiger partial charge in [-0.3, -0.25) is 0 Å². The van der Waals surface area contributed by atoms with Crippen molar-refractivity contribution >= 4 is 8.56 Å². The highest BCUT2D eigenvalue weighted by Gasteiger charge is 2.44. The van der Waals surface area contributed by atoms with Gasteiger partial charge < -0.3 is 18.3 Å². The van der Waals surface area contributed by atoms with Crippen molar-refractivity contribution in [3.63, 3.8) is 0 Å². The van der Waals surface area contributed by atoms with E-state index in [0.29, 0.717) is 19.8 Å². The van der Waals surface area contributed by atoms with Crippen molar-refractivity contribution in [2.45, 2.75) is 53.7 Å². The molecular weight excluding hydrogens is 236 g/mol. The van der Waals surface area contributed by atoms with Crippen LogP contribution in [0.1, 0.15) is 34.6 Å². The quantitative estimate of drug-likeness (QED) is 0.473. The van der Waals surface area contributed by atoms with Crippen LogP contribution in [0.15, 0.2) is 0 Å². The fraction of sp³-hybridized carbons (Fsp3) is 1.00. The predicted octanol–water partition coefficient (Wildman–Crippen LogP) is 3.12. The largest absolute Gasteiger partial charge is 0.395 e. The highest BCUT2D eigenvalue weighted by Crippen LogP contribution is 2.29. The molecule has 0 aliphatic carbocycles. The van der Waals surface area contributed by atoms with Gasteiger partial charge in [0.2, 0.25) is 0 Å². The zero-order valence-electron chi connectivity index (χ0n) is 12.3. The fourth-order valence-electron chi connectivity index (χ4n) is 1.67. The first-order valence-electron chi connectivity index (χ1n) is 6.45. The van der Waals surface area contributed by atoms with Crippen molar-refractivity contribution in [2.24, 2.45) is 5.92 Å². The third kappa shape index (κ3) is 5.48. The minimum Gasteiger partial charge on any atom is -0.395 e. The van der Waals surface area contributed by atoms with Gasteiger partial charge in [-0.25, -0.2) is 0 Å². The van der Waals surface area contributed by atoms with Crippen molar-refractivity contribution in [3.05, 3.63) is 0 Å². The van der Waals surface area contributed by atoms with Crippen molar-refractivity contribution in [1.82, 2.24) is 0 Å². The summed E-state index contributed by atoms with van der Waals surface area (Å²) in [5.74, 6) is -0.872. The average Bonchev–Trinajstić information content (AvgIpc) is 2.16. The Morgan fingerprint density at radius 2 is 1.41 bits per heavy atom. The van der Waals surface area contributed by atoms with E-state index in [-0.39, 0.29) is 5.92 Å². The molecule has 0 aromatic heterocycles. The molecule has 104 valence electrons. The lowest BCUT2D eigenvalue weighted by Gasteiger charge is -2.40. The molecule has 0 amide bonds. The SMILES string of the molecule is CCOC(OCC)(O[Si](C)(C)OCC)C(C)C. The molecule has 0 aromatic carbocycles. The second-order valence-corrected chi connectivity index (χ2v) is 7.85. The molecule has 0 unspecified atom stereocenters. The zero-order chi connectivity index (χ0) is 13.5. The van der Waals surface area contributed by atoms with Gasteiger partial charge >= 0.3 is 8.56 Å². The average molecular weight is 264 g/mol. The molecule has 0 spiro atoms. The number of rotatable bonds is 9. The zero-order valence-corrected chi connectivity index (χ0v) is 13.3. The molecular formula is C12H28O4Si. The van der Waals surface area contributed by atoms with Gasteiger partial charge in [0, 0.05) is 25.7 Å². The van der Waals surface area contributed by atoms with E-state index in [9.17, 15) is 0 Å². The summed E-state index contributed by atoms with van der Waals surface area (Å²) >= 11 is 0. The number of hydrogen-bond donors (Lipinski definition) is 0. The van der Waals surface area contributed by atoms with Crippen molar-refractivity contribution < 1.29 is 18.3 Å². The molecule has 0 fully saturated rings. The number of hydrogen-bond acceptors (Lipinski definition) is 4. The normalized spacial score (nSPS) is 13.4. The predicted molar refractivity (Wildman–Crippen MR) is 71.0 cm³/mol. The molecule has 0 radical (unpaired) electrons. The van der Waals surface area contributed by atoms with Crippen LogP contribution in [0.25, 0.3) is 0 Å². The van der Waals surface area contributed by atoms with Crippen LogP contribution in [0.3, 0.4) is 0 Å². The molecule has 0 aromatic rings. The maximum atomic E-state index is 6.08. The van der Waals surface area contributed by atoms with Gasteiger partial charge in [0.1, 0.15) is 0 Å². The van der Waals surface area contributed by atoms with Crippen LogP contribution in [0, 0.1) is 5.92 Å². The first kappa shape index (κ1) is 17.1. The van der Waals surface area contributed by atoms with E-state index in [2.05, 4.69) is 0 Å². The van der Waals surface area contributed by atoms with Crippen LogP contribution >= 0.6 is 0 Å². The number of ether oxygens (including phenoxy) is 2. The Kier molecular flexibility index (Phi) is 7.51. The fourth-order valence-corrected chi connectivity index (χ4v) is 3.47. The molecule has 0 rings (SSSR count). The van der Waals surface area contributed by atoms with E-state index in [1.165, 1.54) is 0 Å². The molecule has 17 heavy (non-hydrogen) atoms. The summed E-state index contributed by atoms with van der Waals surface area (Å²) < 4.78 is 23.2. The molecule has 4 nitrogen and oxygen atoms in total. The van der Waals surface area contributed by atoms with Crippen molar-refractivity contribution in [3.8, 4) is 0 Å². The molecule has 0 saturated carbocycles. The van der Waals surface area contributed by atoms with Crippen LogP contribution in [-0.2, 0) is 18.3 Å². The highest BCUT2D eigenvalue weighted by atomic mass is 28.4. The lowest BCUT2D eigenvalue weighted by molar-refractivity contribution is -0.371. The summed E-state index contributed by atoms with van der Waals surface area (Å²) in [6.45, 7) is 15.7. The molecule has 0 saturated heterocycles. The molecule has 0 heterocycles. The Balaban J connectivity index is 4.88. The topological polar surface area (TPSA) is 36.9 Å². The second-order valence-electron chi connectivity index (χ2n) is 4.56. The molecule has 0 aliphatic rings. The Morgan fingerprint density at radius 3 is 1.71 bits per heavy atom. The summed E-state index contributed by atoms with van der Waals surface area (Å²) in [6, 6.07) is 0. The Bertz CT molecular complexity index is 201. The maximum Gasteiger partial charge on any atom is 0.336 e. The van der Waals surface area contributed by atoms with Gasteiger partial charge in [0.15, 0.2) is 0 Å². The Labute approximate surface area is 107 Å². The Morgan fingerprint density at radius 1 is 0.941 bits per heavy atom. The molecule has 5 heteroatoms. The van der Waals surface area contributed by atoms with Gasteiger partial charge in [-0.15, -0.1) is 0 Å². The van der Waals surface area contributed by atoms with Crippen molar-refractivity contribution in [2.75, 3.05) is 19.8 Å². The summed E-state index contributed by atoms with van der Waals surface area (Å²) in [5.41, 5.74) is 0. The van der Waals surface area contributed by atoms with Crippen LogP contribution in [0.2, 0.25) is 13.1 Å². The second kappa shape index (κ2) is 7.48. The van der Waals surface area contributed by atoms with Crippen LogP contribution < -0.4 is 0 Å². The van der Waals surface area contributed by atoms with Crippen LogP contribution in [0.5, 0.6) is 0 Å². The Hall–Kier alpha value is 0.0569. The van der Waals surface area contributed by atoms with Crippen LogP contribution in [-0.4, -0.2) is 34.4 Å². The first-order chi connectivity index (χ1) is 7.83. The van der Waals surface area contributed by atoms with E-state index in [4.69, 9.17) is 18.3 Å². The van der Waals surface area contributed by atoms with Gasteiger partial charge in [0.05, 0.1) is 0 Å². The third-order valence-electron chi connectivity index (χ3n) is 2.28. The summed E-state index contributed by atoms with van der Waals surface area (Å²) in [5, 5.41) is 0. The van der Waals surface area contributed by atoms with E-state index >= 15 is 0 Å². The lowest BCUT2D eigenvalue weighted by atomic mass is 10.2. The van der Waals surface area contributed by atoms with E-state index < -0.39 is 14.5 Å². The summed E-state index contributed by atoms with van der Waals surface area (Å²) in [4.78, 5) is 0. The standard InChI is InChI=1S/C12H28O4Si/c1-8-13-12(11(4)5,14-9-2)16-17(6,7)15-10-3/h11H,8-10H2,1-7H3. The van der Waals surface area contributed by atoms with Gasteiger partial charge in [0.25, 0.3) is 5.97 Å². The van der Waals surface area contributed by atoms with Gasteiger partial charge in [-0.05, 0) is 33.9 Å². The molecule has 0 atom stereocenters. The minimum atomic E-state index is -2.23. The monoisotopic (exact) mass is 264 g/mol. The smallest absolute Gasteiger partial charge is 0.336 e. The van der Waals surface area contributed by atoms with Gasteiger partial charge in [-0.1, -0.05) is 13.8 Å². The van der Waals surface area contributed by atoms with Crippen LogP contribution in [0.4, 0.5) is 0 Å². The molecule has 0 aliphatic heterocycles.